The van der Waals surface area contributed by atoms with Crippen LogP contribution in [-0.4, -0.2) is 49.1 Å². The van der Waals surface area contributed by atoms with E-state index in [1.54, 1.807) is 42.7 Å². The van der Waals surface area contributed by atoms with Crippen molar-refractivity contribution in [2.24, 2.45) is 0 Å². The minimum absolute atomic E-state index is 0.283. The van der Waals surface area contributed by atoms with E-state index in [0.29, 0.717) is 29.1 Å². The molecule has 1 unspecified atom stereocenters. The predicted molar refractivity (Wildman–Crippen MR) is 110 cm³/mol. The molecule has 0 radical (unpaired) electrons. The van der Waals surface area contributed by atoms with Crippen molar-refractivity contribution in [3.8, 4) is 5.75 Å². The lowest BCUT2D eigenvalue weighted by Gasteiger charge is -2.15. The van der Waals surface area contributed by atoms with Crippen LogP contribution >= 0.6 is 11.3 Å². The van der Waals surface area contributed by atoms with Crippen molar-refractivity contribution >= 4 is 38.1 Å². The van der Waals surface area contributed by atoms with Crippen LogP contribution in [0, 0.1) is 13.8 Å². The molecule has 0 aliphatic rings. The number of nitrogens with zero attached hydrogens (tertiary/aromatic N) is 1. The Kier molecular flexibility index (Phi) is 6.25. The third kappa shape index (κ3) is 5.34. The molecule has 1 atom stereocenters. The van der Waals surface area contributed by atoms with Crippen molar-refractivity contribution in [2.75, 3.05) is 18.6 Å². The molecular formula is C19H22N2O6S2. The summed E-state index contributed by atoms with van der Waals surface area (Å²) in [7, 11) is -3.36. The van der Waals surface area contributed by atoms with Crippen molar-refractivity contribution < 1.29 is 27.5 Å². The number of hydrogen-bond acceptors (Lipinski definition) is 8. The maximum absolute atomic E-state index is 12.8. The van der Waals surface area contributed by atoms with E-state index in [1.807, 2.05) is 6.92 Å². The van der Waals surface area contributed by atoms with Crippen molar-refractivity contribution in [3.63, 3.8) is 0 Å². The molecule has 1 amide bonds. The number of furan rings is 1. The molecule has 3 aromatic rings. The summed E-state index contributed by atoms with van der Waals surface area (Å²) in [6.45, 7) is 3.44. The largest absolute Gasteiger partial charge is 0.488 e. The van der Waals surface area contributed by atoms with E-state index in [-0.39, 0.29) is 11.3 Å². The molecular weight excluding hydrogens is 416 g/mol. The Hall–Kier alpha value is -2.43. The highest BCUT2D eigenvalue weighted by Crippen LogP contribution is 2.29. The highest BCUT2D eigenvalue weighted by Gasteiger charge is 2.23. The molecule has 3 rings (SSSR count). The van der Waals surface area contributed by atoms with Crippen LogP contribution in [0.1, 0.15) is 26.0 Å². The number of nitrogens with one attached hydrogen (secondary N) is 1. The average molecular weight is 439 g/mol. The summed E-state index contributed by atoms with van der Waals surface area (Å²) in [6, 6.07) is 4.27. The summed E-state index contributed by atoms with van der Waals surface area (Å²) in [6.07, 6.45) is 2.81. The van der Waals surface area contributed by atoms with E-state index in [4.69, 9.17) is 9.15 Å². The molecule has 0 saturated carbocycles. The van der Waals surface area contributed by atoms with Gasteiger partial charge in [-0.05, 0) is 32.0 Å². The Balaban J connectivity index is 1.83. The number of aliphatic hydroxyl groups excluding tert-OH is 1. The molecule has 2 N–H and O–H groups in total. The second-order valence-electron chi connectivity index (χ2n) is 6.77. The van der Waals surface area contributed by atoms with Crippen LogP contribution in [0.2, 0.25) is 0 Å². The van der Waals surface area contributed by atoms with Gasteiger partial charge in [-0.2, -0.15) is 0 Å². The smallest absolute Gasteiger partial charge is 0.255 e. The maximum atomic E-state index is 12.8. The van der Waals surface area contributed by atoms with Crippen molar-refractivity contribution in [1.82, 2.24) is 10.3 Å². The minimum atomic E-state index is -3.36. The van der Waals surface area contributed by atoms with Crippen LogP contribution in [0.25, 0.3) is 11.0 Å². The molecule has 0 fully saturated rings. The van der Waals surface area contributed by atoms with Gasteiger partial charge >= 0.3 is 0 Å². The fourth-order valence-electron chi connectivity index (χ4n) is 2.96. The maximum Gasteiger partial charge on any atom is 0.255 e. The molecule has 0 aliphatic carbocycles. The summed E-state index contributed by atoms with van der Waals surface area (Å²) in [5, 5.41) is 13.5. The van der Waals surface area contributed by atoms with Gasteiger partial charge in [0.1, 0.15) is 33.5 Å². The number of sulfone groups is 1. The van der Waals surface area contributed by atoms with Gasteiger partial charge in [0, 0.05) is 17.8 Å². The summed E-state index contributed by atoms with van der Waals surface area (Å²) >= 11 is 1.54. The molecule has 0 saturated heterocycles. The number of carbonyl (C=O) groups excluding carboxylic acids is 1. The Labute approximate surface area is 172 Å². The van der Waals surface area contributed by atoms with Crippen LogP contribution < -0.4 is 10.1 Å². The number of carbonyl (C=O) groups is 1. The topological polar surface area (TPSA) is 119 Å². The van der Waals surface area contributed by atoms with Crippen LogP contribution in [0.4, 0.5) is 0 Å². The average Bonchev–Trinajstić information content (AvgIpc) is 3.19. The highest BCUT2D eigenvalue weighted by atomic mass is 32.2. The van der Waals surface area contributed by atoms with Gasteiger partial charge in [0.25, 0.3) is 5.91 Å². The first-order valence-corrected chi connectivity index (χ1v) is 11.7. The standard InChI is InChI=1S/C19H22N2O6S2/c1-11-18(19(23)21-13(8-22)10-29(3,24)25)16-6-14(4-5-17(16)27-11)26-9-15-7-20-12(2)28-15/h4-7,13,22H,8-10H2,1-3H3,(H,21,23). The zero-order valence-electron chi connectivity index (χ0n) is 16.3. The Morgan fingerprint density at radius 1 is 1.38 bits per heavy atom. The van der Waals surface area contributed by atoms with Crippen molar-refractivity contribution in [2.45, 2.75) is 26.5 Å². The van der Waals surface area contributed by atoms with Crippen molar-refractivity contribution in [3.05, 3.63) is 45.6 Å². The third-order valence-corrected chi connectivity index (χ3v) is 6.07. The van der Waals surface area contributed by atoms with Gasteiger partial charge in [0.05, 0.1) is 33.8 Å². The van der Waals surface area contributed by atoms with Crippen LogP contribution in [-0.2, 0) is 16.4 Å². The van der Waals surface area contributed by atoms with E-state index in [0.717, 1.165) is 16.1 Å². The van der Waals surface area contributed by atoms with Gasteiger partial charge in [-0.25, -0.2) is 13.4 Å². The molecule has 8 nitrogen and oxygen atoms in total. The molecule has 0 spiro atoms. The van der Waals surface area contributed by atoms with Gasteiger partial charge in [0.15, 0.2) is 0 Å². The number of rotatable bonds is 8. The molecule has 10 heteroatoms. The lowest BCUT2D eigenvalue weighted by atomic mass is 10.1. The van der Waals surface area contributed by atoms with Gasteiger partial charge in [-0.1, -0.05) is 0 Å². The van der Waals surface area contributed by atoms with E-state index >= 15 is 0 Å². The van der Waals surface area contributed by atoms with Gasteiger partial charge < -0.3 is 19.6 Å². The zero-order chi connectivity index (χ0) is 21.2. The fraction of sp³-hybridized carbons (Fsp3) is 0.368. The Morgan fingerprint density at radius 2 is 2.14 bits per heavy atom. The lowest BCUT2D eigenvalue weighted by Crippen LogP contribution is -2.42. The number of benzene rings is 1. The molecule has 1 aromatic carbocycles. The molecule has 2 heterocycles. The summed E-state index contributed by atoms with van der Waals surface area (Å²) < 4.78 is 34.4. The van der Waals surface area contributed by atoms with E-state index < -0.39 is 28.4 Å². The third-order valence-electron chi connectivity index (χ3n) is 4.17. The summed E-state index contributed by atoms with van der Waals surface area (Å²) in [5.74, 6) is 0.0865. The number of fused-ring (bicyclic) bond motifs is 1. The summed E-state index contributed by atoms with van der Waals surface area (Å²) in [4.78, 5) is 17.9. The van der Waals surface area contributed by atoms with Crippen LogP contribution in [0.5, 0.6) is 5.75 Å². The second kappa shape index (κ2) is 8.52. The van der Waals surface area contributed by atoms with Crippen LogP contribution in [0.15, 0.2) is 28.8 Å². The molecule has 156 valence electrons. The normalized spacial score (nSPS) is 12.8. The number of aliphatic hydroxyl groups is 1. The molecule has 0 aliphatic heterocycles. The SMILES string of the molecule is Cc1ncc(COc2ccc3oc(C)c(C(=O)NC(CO)CS(C)(=O)=O)c3c2)s1. The zero-order valence-corrected chi connectivity index (χ0v) is 17.9. The fourth-order valence-corrected chi connectivity index (χ4v) is 4.59. The molecule has 2 aromatic heterocycles. The van der Waals surface area contributed by atoms with Gasteiger partial charge in [-0.15, -0.1) is 11.3 Å². The predicted octanol–water partition coefficient (Wildman–Crippen LogP) is 2.22. The van der Waals surface area contributed by atoms with E-state index in [2.05, 4.69) is 10.3 Å². The van der Waals surface area contributed by atoms with Gasteiger partial charge in [0.2, 0.25) is 0 Å². The minimum Gasteiger partial charge on any atom is -0.488 e. The van der Waals surface area contributed by atoms with Gasteiger partial charge in [-0.3, -0.25) is 4.79 Å². The number of hydrogen-bond donors (Lipinski definition) is 2. The first-order valence-electron chi connectivity index (χ1n) is 8.83. The number of aromatic nitrogens is 1. The Bertz CT molecular complexity index is 1130. The van der Waals surface area contributed by atoms with Crippen LogP contribution in [0.3, 0.4) is 0 Å². The number of thiazole rings is 1. The molecule has 29 heavy (non-hydrogen) atoms. The highest BCUT2D eigenvalue weighted by molar-refractivity contribution is 7.90. The quantitative estimate of drug-likeness (QED) is 0.553. The number of amides is 1. The monoisotopic (exact) mass is 438 g/mol. The van der Waals surface area contributed by atoms with Crippen molar-refractivity contribution in [1.29, 1.82) is 0 Å². The number of aryl methyl sites for hydroxylation is 2. The first kappa shape index (κ1) is 21.3. The first-order chi connectivity index (χ1) is 13.7. The second-order valence-corrected chi connectivity index (χ2v) is 10.3. The van der Waals surface area contributed by atoms with E-state index in [9.17, 15) is 18.3 Å². The van der Waals surface area contributed by atoms with E-state index in [1.165, 1.54) is 0 Å². The summed E-state index contributed by atoms with van der Waals surface area (Å²) in [5.41, 5.74) is 0.795. The molecule has 0 bridgehead atoms. The Morgan fingerprint density at radius 3 is 2.76 bits per heavy atom. The number of ether oxygens (including phenoxy) is 1. The lowest BCUT2D eigenvalue weighted by molar-refractivity contribution is 0.0923.